The molecule has 0 fully saturated rings. The van der Waals surface area contributed by atoms with Crippen molar-refractivity contribution in [2.24, 2.45) is 5.41 Å². The lowest BCUT2D eigenvalue weighted by molar-refractivity contribution is -0.211. The minimum atomic E-state index is -4.25. The van der Waals surface area contributed by atoms with Crippen molar-refractivity contribution < 1.29 is 14.5 Å². The standard InChI is InChI=1S/C35H34F3NS/c1-21(2)30-29-15-16-39-31(28-18-22(3)17-23(4)19-28)33(29)40-32(30)27-13-11-26(12-14-27)25-9-7-24(8-10-25)20-34(5,6)35(36,37)38/h7-19,21H,20H2,1-6H3/i16D. The Hall–Kier alpha value is -3.44. The summed E-state index contributed by atoms with van der Waals surface area (Å²) in [6.07, 6.45) is -4.05. The van der Waals surface area contributed by atoms with Crippen molar-refractivity contribution in [1.29, 1.82) is 0 Å². The molecule has 0 spiro atoms. The topological polar surface area (TPSA) is 12.9 Å². The lowest BCUT2D eigenvalue weighted by Gasteiger charge is -2.27. The second-order valence-electron chi connectivity index (χ2n) is 11.7. The van der Waals surface area contributed by atoms with Gasteiger partial charge in [-0.15, -0.1) is 11.3 Å². The largest absolute Gasteiger partial charge is 0.394 e. The highest BCUT2D eigenvalue weighted by Crippen LogP contribution is 2.46. The number of fused-ring (bicyclic) bond motifs is 1. The van der Waals surface area contributed by atoms with E-state index in [1.807, 2.05) is 18.2 Å². The molecule has 0 bridgehead atoms. The van der Waals surface area contributed by atoms with Crippen LogP contribution in [0, 0.1) is 19.3 Å². The first kappa shape index (κ1) is 26.8. The van der Waals surface area contributed by atoms with E-state index in [1.54, 1.807) is 23.5 Å². The first-order valence-corrected chi connectivity index (χ1v) is 14.3. The van der Waals surface area contributed by atoms with Gasteiger partial charge in [-0.1, -0.05) is 93.4 Å². The fraction of sp³-hybridized carbons (Fsp3) is 0.286. The first-order valence-electron chi connectivity index (χ1n) is 14.0. The summed E-state index contributed by atoms with van der Waals surface area (Å²) in [7, 11) is 0. The van der Waals surface area contributed by atoms with Crippen molar-refractivity contribution in [3.8, 4) is 32.8 Å². The highest BCUT2D eigenvalue weighted by atomic mass is 32.1. The molecule has 0 saturated heterocycles. The van der Waals surface area contributed by atoms with Crippen molar-refractivity contribution >= 4 is 21.4 Å². The second-order valence-corrected chi connectivity index (χ2v) is 12.7. The number of pyridine rings is 1. The summed E-state index contributed by atoms with van der Waals surface area (Å²) >= 11 is 1.72. The van der Waals surface area contributed by atoms with E-state index in [9.17, 15) is 13.2 Å². The average molecular weight is 559 g/mol. The van der Waals surface area contributed by atoms with Gasteiger partial charge < -0.3 is 0 Å². The minimum Gasteiger partial charge on any atom is -0.255 e. The average Bonchev–Trinajstić information content (AvgIpc) is 3.27. The van der Waals surface area contributed by atoms with Crippen LogP contribution in [0.4, 0.5) is 13.2 Å². The molecule has 0 unspecified atom stereocenters. The van der Waals surface area contributed by atoms with Crippen LogP contribution in [0.3, 0.4) is 0 Å². The number of aromatic nitrogens is 1. The molecule has 0 saturated carbocycles. The number of thiophene rings is 1. The Balaban J connectivity index is 1.52. The summed E-state index contributed by atoms with van der Waals surface area (Å²) in [6.45, 7) is 11.0. The normalized spacial score (nSPS) is 12.8. The number of halogens is 3. The van der Waals surface area contributed by atoms with Crippen molar-refractivity contribution in [1.82, 2.24) is 4.98 Å². The summed E-state index contributed by atoms with van der Waals surface area (Å²) in [4.78, 5) is 5.84. The Labute approximate surface area is 240 Å². The molecule has 0 amide bonds. The van der Waals surface area contributed by atoms with Gasteiger partial charge in [-0.3, -0.25) is 4.98 Å². The van der Waals surface area contributed by atoms with Gasteiger partial charge in [0.15, 0.2) is 0 Å². The maximum absolute atomic E-state index is 13.3. The Morgan fingerprint density at radius 2 is 1.35 bits per heavy atom. The first-order chi connectivity index (χ1) is 19.2. The molecular weight excluding hydrogens is 523 g/mol. The minimum absolute atomic E-state index is 0.0569. The van der Waals surface area contributed by atoms with Gasteiger partial charge in [0, 0.05) is 22.0 Å². The van der Waals surface area contributed by atoms with Gasteiger partial charge >= 0.3 is 6.18 Å². The zero-order valence-electron chi connectivity index (χ0n) is 24.7. The summed E-state index contributed by atoms with van der Waals surface area (Å²) < 4.78 is 49.6. The van der Waals surface area contributed by atoms with Crippen LogP contribution in [0.5, 0.6) is 0 Å². The number of aryl methyl sites for hydroxylation is 2. The maximum Gasteiger partial charge on any atom is 0.394 e. The van der Waals surface area contributed by atoms with Crippen molar-refractivity contribution in [2.45, 2.75) is 60.1 Å². The van der Waals surface area contributed by atoms with E-state index in [1.165, 1.54) is 35.4 Å². The van der Waals surface area contributed by atoms with E-state index in [-0.39, 0.29) is 18.5 Å². The molecule has 0 aliphatic heterocycles. The van der Waals surface area contributed by atoms with Gasteiger partial charge in [0.25, 0.3) is 0 Å². The number of benzene rings is 3. The molecule has 0 aliphatic rings. The van der Waals surface area contributed by atoms with Gasteiger partial charge in [0.2, 0.25) is 0 Å². The van der Waals surface area contributed by atoms with E-state index >= 15 is 0 Å². The maximum atomic E-state index is 13.3. The quantitative estimate of drug-likeness (QED) is 0.202. The summed E-state index contributed by atoms with van der Waals surface area (Å²) in [5.41, 5.74) is 7.39. The van der Waals surface area contributed by atoms with Crippen LogP contribution >= 0.6 is 11.3 Å². The monoisotopic (exact) mass is 558 g/mol. The van der Waals surface area contributed by atoms with Crippen molar-refractivity contribution in [2.75, 3.05) is 0 Å². The molecule has 3 aromatic carbocycles. The van der Waals surface area contributed by atoms with Crippen LogP contribution in [0.1, 0.15) is 57.2 Å². The highest BCUT2D eigenvalue weighted by Gasteiger charge is 2.46. The Morgan fingerprint density at radius 1 is 0.800 bits per heavy atom. The number of nitrogens with zero attached hydrogens (tertiary/aromatic N) is 1. The molecule has 5 aromatic rings. The second kappa shape index (κ2) is 10.5. The summed E-state index contributed by atoms with van der Waals surface area (Å²) in [6, 6.07) is 24.0. The fourth-order valence-corrected chi connectivity index (χ4v) is 6.77. The van der Waals surface area contributed by atoms with Crippen molar-refractivity contribution in [3.63, 3.8) is 0 Å². The van der Waals surface area contributed by atoms with Crippen LogP contribution < -0.4 is 0 Å². The zero-order valence-corrected chi connectivity index (χ0v) is 24.5. The zero-order chi connectivity index (χ0) is 29.7. The Bertz CT molecular complexity index is 1690. The van der Waals surface area contributed by atoms with Gasteiger partial charge in [-0.2, -0.15) is 13.2 Å². The van der Waals surface area contributed by atoms with Gasteiger partial charge in [0.05, 0.1) is 17.2 Å². The van der Waals surface area contributed by atoms with Crippen LogP contribution in [0.15, 0.2) is 79.0 Å². The van der Waals surface area contributed by atoms with Gasteiger partial charge in [-0.25, -0.2) is 0 Å². The molecule has 40 heavy (non-hydrogen) atoms. The van der Waals surface area contributed by atoms with Crippen LogP contribution in [-0.2, 0) is 6.42 Å². The third-order valence-electron chi connectivity index (χ3n) is 7.50. The number of alkyl halides is 3. The van der Waals surface area contributed by atoms with E-state index in [0.717, 1.165) is 38.0 Å². The molecule has 2 aromatic heterocycles. The molecular formula is C35H34F3NS. The van der Waals surface area contributed by atoms with E-state index < -0.39 is 11.6 Å². The highest BCUT2D eigenvalue weighted by molar-refractivity contribution is 7.23. The summed E-state index contributed by atoms with van der Waals surface area (Å²) in [5.74, 6) is 0.251. The third kappa shape index (κ3) is 5.44. The van der Waals surface area contributed by atoms with Crippen LogP contribution in [-0.4, -0.2) is 11.2 Å². The number of rotatable bonds is 6. The SMILES string of the molecule is [2H]c1cc2c(C(C)C)c(-c3ccc(-c4ccc(CC(C)(C)C(F)(F)F)cc4)cc3)sc2c(-c2cc(C)cc(C)c2)n1. The van der Waals surface area contributed by atoms with Crippen molar-refractivity contribution in [3.05, 3.63) is 101 Å². The molecule has 1 nitrogen and oxygen atoms in total. The molecule has 5 rings (SSSR count). The lowest BCUT2D eigenvalue weighted by Crippen LogP contribution is -2.34. The predicted molar refractivity (Wildman–Crippen MR) is 163 cm³/mol. The molecule has 0 N–H and O–H groups in total. The van der Waals surface area contributed by atoms with E-state index in [4.69, 9.17) is 1.37 Å². The Kier molecular flexibility index (Phi) is 7.03. The molecule has 2 heterocycles. The lowest BCUT2D eigenvalue weighted by atomic mass is 9.84. The molecule has 0 radical (unpaired) electrons. The Morgan fingerprint density at radius 3 is 1.90 bits per heavy atom. The molecule has 0 atom stereocenters. The predicted octanol–water partition coefficient (Wildman–Crippen LogP) is 11.2. The fourth-order valence-electron chi connectivity index (χ4n) is 5.32. The molecule has 5 heteroatoms. The third-order valence-corrected chi connectivity index (χ3v) is 8.78. The smallest absolute Gasteiger partial charge is 0.255 e. The number of hydrogen-bond donors (Lipinski definition) is 0. The van der Waals surface area contributed by atoms with Gasteiger partial charge in [-0.05, 0) is 72.2 Å². The van der Waals surface area contributed by atoms with Crippen LogP contribution in [0.25, 0.3) is 42.9 Å². The summed E-state index contributed by atoms with van der Waals surface area (Å²) in [5, 5.41) is 1.08. The van der Waals surface area contributed by atoms with Crippen LogP contribution in [0.2, 0.25) is 0 Å². The van der Waals surface area contributed by atoms with E-state index in [0.29, 0.717) is 5.56 Å². The number of hydrogen-bond acceptors (Lipinski definition) is 2. The van der Waals surface area contributed by atoms with Gasteiger partial charge in [0.1, 0.15) is 0 Å². The molecule has 0 aliphatic carbocycles. The van der Waals surface area contributed by atoms with E-state index in [2.05, 4.69) is 75.1 Å². The molecule has 206 valence electrons.